The van der Waals surface area contributed by atoms with E-state index in [1.165, 1.54) is 0 Å². The molecule has 0 unspecified atom stereocenters. The van der Waals surface area contributed by atoms with Crippen molar-refractivity contribution in [2.45, 2.75) is 32.7 Å². The quantitative estimate of drug-likeness (QED) is 0.845. The Balaban J connectivity index is 2.02. The monoisotopic (exact) mass is 285 g/mol. The molecule has 6 heteroatoms. The van der Waals surface area contributed by atoms with Gasteiger partial charge in [-0.1, -0.05) is 0 Å². The average Bonchev–Trinajstić information content (AvgIpc) is 3.06. The van der Waals surface area contributed by atoms with E-state index in [-0.39, 0.29) is 11.9 Å². The van der Waals surface area contributed by atoms with Gasteiger partial charge in [0.05, 0.1) is 17.4 Å². The lowest BCUT2D eigenvalue weighted by Gasteiger charge is -2.22. The SMILES string of the molecule is CC(=O)N1CCC[C@@H]1c1nc(C)cc(-c2ccnn2C)n1. The molecule has 1 amide bonds. The zero-order valence-electron chi connectivity index (χ0n) is 12.6. The molecular weight excluding hydrogens is 266 g/mol. The normalized spacial score (nSPS) is 18.2. The minimum Gasteiger partial charge on any atom is -0.333 e. The zero-order valence-corrected chi connectivity index (χ0v) is 12.6. The second kappa shape index (κ2) is 5.27. The Morgan fingerprint density at radius 2 is 2.19 bits per heavy atom. The van der Waals surface area contributed by atoms with E-state index in [1.807, 2.05) is 31.0 Å². The first-order valence-corrected chi connectivity index (χ1v) is 7.17. The molecule has 2 aromatic heterocycles. The van der Waals surface area contributed by atoms with Crippen LogP contribution in [-0.4, -0.2) is 37.1 Å². The van der Waals surface area contributed by atoms with E-state index in [4.69, 9.17) is 0 Å². The fourth-order valence-corrected chi connectivity index (χ4v) is 2.91. The third-order valence-electron chi connectivity index (χ3n) is 3.91. The molecule has 6 nitrogen and oxygen atoms in total. The van der Waals surface area contributed by atoms with Gasteiger partial charge in [-0.05, 0) is 31.9 Å². The highest BCUT2D eigenvalue weighted by Crippen LogP contribution is 2.31. The average molecular weight is 285 g/mol. The van der Waals surface area contributed by atoms with Crippen molar-refractivity contribution in [1.29, 1.82) is 0 Å². The molecule has 3 heterocycles. The number of rotatable bonds is 2. The van der Waals surface area contributed by atoms with Gasteiger partial charge in [0.1, 0.15) is 0 Å². The highest BCUT2D eigenvalue weighted by atomic mass is 16.2. The maximum absolute atomic E-state index is 11.7. The van der Waals surface area contributed by atoms with Gasteiger partial charge in [-0.2, -0.15) is 5.10 Å². The molecule has 0 aromatic carbocycles. The second-order valence-corrected chi connectivity index (χ2v) is 5.46. The summed E-state index contributed by atoms with van der Waals surface area (Å²) in [5.74, 6) is 0.823. The van der Waals surface area contributed by atoms with Gasteiger partial charge in [0.25, 0.3) is 0 Å². The van der Waals surface area contributed by atoms with Crippen LogP contribution < -0.4 is 0 Å². The number of carbonyl (C=O) groups is 1. The van der Waals surface area contributed by atoms with E-state index >= 15 is 0 Å². The van der Waals surface area contributed by atoms with Crippen molar-refractivity contribution in [2.24, 2.45) is 7.05 Å². The summed E-state index contributed by atoms with van der Waals surface area (Å²) in [6, 6.07) is 3.88. The number of hydrogen-bond acceptors (Lipinski definition) is 4. The van der Waals surface area contributed by atoms with Crippen molar-refractivity contribution < 1.29 is 4.79 Å². The van der Waals surface area contributed by atoms with Crippen LogP contribution in [-0.2, 0) is 11.8 Å². The Hall–Kier alpha value is -2.24. The zero-order chi connectivity index (χ0) is 15.0. The summed E-state index contributed by atoms with van der Waals surface area (Å²) in [5.41, 5.74) is 2.72. The van der Waals surface area contributed by atoms with Crippen molar-refractivity contribution >= 4 is 5.91 Å². The molecular formula is C15H19N5O. The van der Waals surface area contributed by atoms with Gasteiger partial charge in [-0.3, -0.25) is 9.48 Å². The third kappa shape index (κ3) is 2.53. The summed E-state index contributed by atoms with van der Waals surface area (Å²) < 4.78 is 1.79. The first-order chi connectivity index (χ1) is 10.1. The van der Waals surface area contributed by atoms with E-state index < -0.39 is 0 Å². The molecule has 1 aliphatic rings. The van der Waals surface area contributed by atoms with Gasteiger partial charge in [0, 0.05) is 32.4 Å². The molecule has 0 spiro atoms. The van der Waals surface area contributed by atoms with E-state index in [2.05, 4.69) is 15.1 Å². The van der Waals surface area contributed by atoms with Crippen molar-refractivity contribution in [3.8, 4) is 11.4 Å². The predicted molar refractivity (Wildman–Crippen MR) is 78.3 cm³/mol. The smallest absolute Gasteiger partial charge is 0.220 e. The van der Waals surface area contributed by atoms with Crippen molar-refractivity contribution in [2.75, 3.05) is 6.54 Å². The van der Waals surface area contributed by atoms with Gasteiger partial charge < -0.3 is 4.90 Å². The molecule has 1 fully saturated rings. The molecule has 1 atom stereocenters. The maximum atomic E-state index is 11.7. The van der Waals surface area contributed by atoms with Crippen LogP contribution in [0.15, 0.2) is 18.3 Å². The highest BCUT2D eigenvalue weighted by molar-refractivity contribution is 5.74. The summed E-state index contributed by atoms with van der Waals surface area (Å²) in [6.07, 6.45) is 3.68. The predicted octanol–water partition coefficient (Wildman–Crippen LogP) is 1.87. The lowest BCUT2D eigenvalue weighted by Crippen LogP contribution is -2.29. The maximum Gasteiger partial charge on any atom is 0.220 e. The van der Waals surface area contributed by atoms with Gasteiger partial charge in [-0.25, -0.2) is 9.97 Å². The molecule has 1 aliphatic heterocycles. The van der Waals surface area contributed by atoms with E-state index in [9.17, 15) is 4.79 Å². The Morgan fingerprint density at radius 1 is 1.38 bits per heavy atom. The van der Waals surface area contributed by atoms with E-state index in [0.29, 0.717) is 0 Å². The summed E-state index contributed by atoms with van der Waals surface area (Å²) in [4.78, 5) is 22.8. The number of aryl methyl sites for hydroxylation is 2. The van der Waals surface area contributed by atoms with Crippen LogP contribution in [0.3, 0.4) is 0 Å². The van der Waals surface area contributed by atoms with Gasteiger partial charge in [0.2, 0.25) is 5.91 Å². The van der Waals surface area contributed by atoms with Crippen molar-refractivity contribution in [1.82, 2.24) is 24.6 Å². The Labute approximate surface area is 123 Å². The third-order valence-corrected chi connectivity index (χ3v) is 3.91. The summed E-state index contributed by atoms with van der Waals surface area (Å²) in [6.45, 7) is 4.35. The summed E-state index contributed by atoms with van der Waals surface area (Å²) in [5, 5.41) is 4.18. The highest BCUT2D eigenvalue weighted by Gasteiger charge is 2.30. The molecule has 0 bridgehead atoms. The van der Waals surface area contributed by atoms with Crippen LogP contribution in [0.5, 0.6) is 0 Å². The second-order valence-electron chi connectivity index (χ2n) is 5.46. The van der Waals surface area contributed by atoms with E-state index in [1.54, 1.807) is 17.8 Å². The van der Waals surface area contributed by atoms with Crippen LogP contribution in [0.25, 0.3) is 11.4 Å². The summed E-state index contributed by atoms with van der Waals surface area (Å²) in [7, 11) is 1.89. The molecule has 0 aliphatic carbocycles. The van der Waals surface area contributed by atoms with Crippen molar-refractivity contribution in [3.63, 3.8) is 0 Å². The van der Waals surface area contributed by atoms with Crippen LogP contribution in [0, 0.1) is 6.92 Å². The van der Waals surface area contributed by atoms with Crippen LogP contribution in [0.2, 0.25) is 0 Å². The molecule has 3 rings (SSSR count). The number of aromatic nitrogens is 4. The summed E-state index contributed by atoms with van der Waals surface area (Å²) >= 11 is 0. The minimum atomic E-state index is -0.00521. The molecule has 0 radical (unpaired) electrons. The fraction of sp³-hybridized carbons (Fsp3) is 0.467. The first-order valence-electron chi connectivity index (χ1n) is 7.17. The van der Waals surface area contributed by atoms with E-state index in [0.717, 1.165) is 42.3 Å². The molecule has 110 valence electrons. The number of carbonyl (C=O) groups excluding carboxylic acids is 1. The van der Waals surface area contributed by atoms with Gasteiger partial charge >= 0.3 is 0 Å². The standard InChI is InChI=1S/C15H19N5O/c1-10-9-12(13-6-7-16-19(13)3)18-15(17-10)14-5-4-8-20(14)11(2)21/h6-7,9,14H,4-5,8H2,1-3H3/t14-/m1/s1. The number of likely N-dealkylation sites (tertiary alicyclic amines) is 1. The lowest BCUT2D eigenvalue weighted by molar-refractivity contribution is -0.129. The minimum absolute atomic E-state index is 0.00521. The Kier molecular flexibility index (Phi) is 3.45. The van der Waals surface area contributed by atoms with Crippen molar-refractivity contribution in [3.05, 3.63) is 29.8 Å². The van der Waals surface area contributed by atoms with Crippen LogP contribution in [0.1, 0.15) is 37.3 Å². The molecule has 0 N–H and O–H groups in total. The molecule has 0 saturated carbocycles. The fourth-order valence-electron chi connectivity index (χ4n) is 2.91. The molecule has 1 saturated heterocycles. The molecule has 2 aromatic rings. The lowest BCUT2D eigenvalue weighted by atomic mass is 10.2. The van der Waals surface area contributed by atoms with Crippen LogP contribution in [0.4, 0.5) is 0 Å². The van der Waals surface area contributed by atoms with Gasteiger partial charge in [0.15, 0.2) is 5.82 Å². The number of hydrogen-bond donors (Lipinski definition) is 0. The Morgan fingerprint density at radius 3 is 2.86 bits per heavy atom. The topological polar surface area (TPSA) is 63.9 Å². The Bertz CT molecular complexity index is 678. The largest absolute Gasteiger partial charge is 0.333 e. The van der Waals surface area contributed by atoms with Crippen LogP contribution >= 0.6 is 0 Å². The number of amides is 1. The molecule has 21 heavy (non-hydrogen) atoms. The first kappa shape index (κ1) is 13.7. The number of nitrogens with zero attached hydrogens (tertiary/aromatic N) is 5. The van der Waals surface area contributed by atoms with Gasteiger partial charge in [-0.15, -0.1) is 0 Å².